The number of thioether (sulfide) groups is 1. The number of aliphatic hydroxyl groups excluding tert-OH is 1. The van der Waals surface area contributed by atoms with Gasteiger partial charge in [0.15, 0.2) is 4.34 Å². The minimum Gasteiger partial charge on any atom is -0.491 e. The van der Waals surface area contributed by atoms with E-state index in [1.165, 1.54) is 23.1 Å². The fourth-order valence-corrected chi connectivity index (χ4v) is 2.62. The third-order valence-electron chi connectivity index (χ3n) is 2.06. The van der Waals surface area contributed by atoms with Gasteiger partial charge in [0.25, 0.3) is 0 Å². The van der Waals surface area contributed by atoms with Crippen molar-refractivity contribution in [3.8, 4) is 5.75 Å². The van der Waals surface area contributed by atoms with Crippen molar-refractivity contribution in [2.24, 2.45) is 0 Å². The van der Waals surface area contributed by atoms with E-state index in [9.17, 15) is 5.11 Å². The Morgan fingerprint density at radius 2 is 2.17 bits per heavy atom. The molecule has 1 heterocycles. The predicted octanol–water partition coefficient (Wildman–Crippen LogP) is 1.65. The van der Waals surface area contributed by atoms with Crippen LogP contribution in [0.3, 0.4) is 0 Å². The summed E-state index contributed by atoms with van der Waals surface area (Å²) in [6.45, 7) is 0.246. The van der Waals surface area contributed by atoms with Crippen LogP contribution in [0.4, 0.5) is 5.69 Å². The Labute approximate surface area is 113 Å². The summed E-state index contributed by atoms with van der Waals surface area (Å²) in [5.74, 6) is 1.23. The summed E-state index contributed by atoms with van der Waals surface area (Å²) >= 11 is 2.92. The maximum atomic E-state index is 9.75. The number of rotatable bonds is 6. The van der Waals surface area contributed by atoms with Crippen LogP contribution in [0.1, 0.15) is 0 Å². The van der Waals surface area contributed by atoms with Gasteiger partial charge in [0.05, 0.1) is 6.10 Å². The molecule has 7 heteroatoms. The van der Waals surface area contributed by atoms with Crippen molar-refractivity contribution >= 4 is 28.8 Å². The van der Waals surface area contributed by atoms with Gasteiger partial charge in [-0.05, 0) is 24.3 Å². The van der Waals surface area contributed by atoms with Gasteiger partial charge < -0.3 is 15.6 Å². The van der Waals surface area contributed by atoms with Crippen molar-refractivity contribution < 1.29 is 9.84 Å². The number of benzene rings is 1. The molecule has 1 aromatic carbocycles. The summed E-state index contributed by atoms with van der Waals surface area (Å²) in [4.78, 5) is 0. The molecule has 1 atom stereocenters. The van der Waals surface area contributed by atoms with Crippen molar-refractivity contribution in [2.75, 3.05) is 18.1 Å². The Bertz CT molecular complexity index is 462. The molecule has 0 aliphatic carbocycles. The predicted molar refractivity (Wildman–Crippen MR) is 73.0 cm³/mol. The van der Waals surface area contributed by atoms with E-state index in [-0.39, 0.29) is 6.61 Å². The number of nitrogen functional groups attached to an aromatic ring is 1. The number of aromatic nitrogens is 2. The van der Waals surface area contributed by atoms with Crippen molar-refractivity contribution in [1.29, 1.82) is 0 Å². The first kappa shape index (κ1) is 13.1. The molecule has 0 amide bonds. The van der Waals surface area contributed by atoms with Gasteiger partial charge in [0.1, 0.15) is 17.9 Å². The molecule has 96 valence electrons. The van der Waals surface area contributed by atoms with E-state index in [4.69, 9.17) is 10.5 Å². The first-order valence-corrected chi connectivity index (χ1v) is 7.16. The van der Waals surface area contributed by atoms with Gasteiger partial charge in [0.2, 0.25) is 0 Å². The van der Waals surface area contributed by atoms with Crippen molar-refractivity contribution in [3.63, 3.8) is 0 Å². The molecule has 0 radical (unpaired) electrons. The van der Waals surface area contributed by atoms with E-state index < -0.39 is 6.10 Å². The zero-order valence-corrected chi connectivity index (χ0v) is 11.2. The molecule has 5 nitrogen and oxygen atoms in total. The van der Waals surface area contributed by atoms with Crippen LogP contribution in [0.5, 0.6) is 5.75 Å². The largest absolute Gasteiger partial charge is 0.491 e. The van der Waals surface area contributed by atoms with Crippen LogP contribution in [-0.2, 0) is 0 Å². The fourth-order valence-electron chi connectivity index (χ4n) is 1.20. The Hall–Kier alpha value is -1.31. The van der Waals surface area contributed by atoms with Crippen LogP contribution < -0.4 is 10.5 Å². The van der Waals surface area contributed by atoms with Gasteiger partial charge in [-0.15, -0.1) is 10.2 Å². The van der Waals surface area contributed by atoms with E-state index in [1.54, 1.807) is 29.8 Å². The molecule has 0 spiro atoms. The van der Waals surface area contributed by atoms with Gasteiger partial charge in [0, 0.05) is 11.4 Å². The maximum absolute atomic E-state index is 9.75. The lowest BCUT2D eigenvalue weighted by atomic mass is 10.3. The first-order valence-electron chi connectivity index (χ1n) is 5.29. The number of anilines is 1. The van der Waals surface area contributed by atoms with E-state index in [0.717, 1.165) is 4.34 Å². The second-order valence-electron chi connectivity index (χ2n) is 3.55. The van der Waals surface area contributed by atoms with Gasteiger partial charge in [-0.2, -0.15) is 0 Å². The molecule has 3 N–H and O–H groups in total. The number of hydrogen-bond donors (Lipinski definition) is 2. The molecule has 0 saturated heterocycles. The van der Waals surface area contributed by atoms with E-state index in [2.05, 4.69) is 10.2 Å². The van der Waals surface area contributed by atoms with Crippen molar-refractivity contribution in [2.45, 2.75) is 10.4 Å². The second kappa shape index (κ2) is 6.58. The average molecular weight is 283 g/mol. The highest BCUT2D eigenvalue weighted by atomic mass is 32.2. The summed E-state index contributed by atoms with van der Waals surface area (Å²) in [7, 11) is 0. The standard InChI is InChI=1S/C11H13N3O2S2/c12-8-1-3-10(4-2-8)16-5-9(15)6-17-11-14-13-7-18-11/h1-4,7,9,15H,5-6,12H2. The molecule has 0 fully saturated rings. The van der Waals surface area contributed by atoms with E-state index in [1.807, 2.05) is 0 Å². The minimum absolute atomic E-state index is 0.246. The number of ether oxygens (including phenoxy) is 1. The summed E-state index contributed by atoms with van der Waals surface area (Å²) < 4.78 is 6.29. The lowest BCUT2D eigenvalue weighted by molar-refractivity contribution is 0.126. The Balaban J connectivity index is 1.71. The van der Waals surface area contributed by atoms with Crippen LogP contribution in [0.2, 0.25) is 0 Å². The number of hydrogen-bond acceptors (Lipinski definition) is 7. The summed E-state index contributed by atoms with van der Waals surface area (Å²) in [6, 6.07) is 7.08. The summed E-state index contributed by atoms with van der Waals surface area (Å²) in [5, 5.41) is 17.4. The lowest BCUT2D eigenvalue weighted by Gasteiger charge is -2.11. The minimum atomic E-state index is -0.545. The van der Waals surface area contributed by atoms with Crippen LogP contribution in [0.25, 0.3) is 0 Å². The monoisotopic (exact) mass is 283 g/mol. The third-order valence-corrected chi connectivity index (χ3v) is 4.07. The molecular formula is C11H13N3O2S2. The molecule has 1 unspecified atom stereocenters. The molecule has 0 aliphatic heterocycles. The summed E-state index contributed by atoms with van der Waals surface area (Å²) in [6.07, 6.45) is -0.545. The van der Waals surface area contributed by atoms with Crippen LogP contribution >= 0.6 is 23.1 Å². The summed E-state index contributed by atoms with van der Waals surface area (Å²) in [5.41, 5.74) is 7.92. The quantitative estimate of drug-likeness (QED) is 0.620. The second-order valence-corrected chi connectivity index (χ2v) is 5.65. The number of aliphatic hydroxyl groups is 1. The smallest absolute Gasteiger partial charge is 0.174 e. The molecule has 0 bridgehead atoms. The van der Waals surface area contributed by atoms with E-state index >= 15 is 0 Å². The molecule has 2 aromatic rings. The number of nitrogens with zero attached hydrogens (tertiary/aromatic N) is 2. The molecule has 18 heavy (non-hydrogen) atoms. The Kier molecular flexibility index (Phi) is 4.80. The van der Waals surface area contributed by atoms with Gasteiger partial charge in [-0.1, -0.05) is 23.1 Å². The van der Waals surface area contributed by atoms with Gasteiger partial charge in [-0.3, -0.25) is 0 Å². The highest BCUT2D eigenvalue weighted by Crippen LogP contribution is 2.20. The first-order chi connectivity index (χ1) is 8.74. The number of nitrogens with two attached hydrogens (primary N) is 1. The molecule has 2 rings (SSSR count). The molecule has 0 saturated carbocycles. The van der Waals surface area contributed by atoms with Crippen molar-refractivity contribution in [1.82, 2.24) is 10.2 Å². The zero-order valence-electron chi connectivity index (χ0n) is 9.52. The van der Waals surface area contributed by atoms with E-state index in [0.29, 0.717) is 17.2 Å². The van der Waals surface area contributed by atoms with Gasteiger partial charge in [-0.25, -0.2) is 0 Å². The topological polar surface area (TPSA) is 81.3 Å². The highest BCUT2D eigenvalue weighted by molar-refractivity contribution is 8.01. The van der Waals surface area contributed by atoms with Crippen LogP contribution in [0.15, 0.2) is 34.1 Å². The lowest BCUT2D eigenvalue weighted by Crippen LogP contribution is -2.20. The highest BCUT2D eigenvalue weighted by Gasteiger charge is 2.08. The van der Waals surface area contributed by atoms with Crippen LogP contribution in [-0.4, -0.2) is 33.8 Å². The average Bonchev–Trinajstić information content (AvgIpc) is 2.89. The molecular weight excluding hydrogens is 270 g/mol. The van der Waals surface area contributed by atoms with Gasteiger partial charge >= 0.3 is 0 Å². The zero-order chi connectivity index (χ0) is 12.8. The third kappa shape index (κ3) is 4.17. The fraction of sp³-hybridized carbons (Fsp3) is 0.273. The normalized spacial score (nSPS) is 12.3. The Morgan fingerprint density at radius 1 is 1.39 bits per heavy atom. The Morgan fingerprint density at radius 3 is 2.83 bits per heavy atom. The molecule has 1 aromatic heterocycles. The van der Waals surface area contributed by atoms with Crippen LogP contribution in [0, 0.1) is 0 Å². The molecule has 0 aliphatic rings. The maximum Gasteiger partial charge on any atom is 0.174 e. The van der Waals surface area contributed by atoms with Crippen molar-refractivity contribution in [3.05, 3.63) is 29.8 Å². The SMILES string of the molecule is Nc1ccc(OCC(O)CSc2nncs2)cc1.